The van der Waals surface area contributed by atoms with Gasteiger partial charge in [0.1, 0.15) is 0 Å². The summed E-state index contributed by atoms with van der Waals surface area (Å²) in [5.41, 5.74) is 30.1. The fraction of sp³-hybridized carbons (Fsp3) is 0.181. The molecule has 0 aromatic heterocycles. The molecule has 85 heavy (non-hydrogen) atoms. The third-order valence-corrected chi connectivity index (χ3v) is 20.1. The lowest BCUT2D eigenvalue weighted by Gasteiger charge is -2.34. The second-order valence-corrected chi connectivity index (χ2v) is 27.7. The van der Waals surface area contributed by atoms with E-state index >= 15 is 0 Å². The Labute approximate surface area is 501 Å². The summed E-state index contributed by atoms with van der Waals surface area (Å²) in [6.45, 7) is 23.6. The first-order chi connectivity index (χ1) is 40.9. The number of rotatable bonds is 6. The summed E-state index contributed by atoms with van der Waals surface area (Å²) >= 11 is 0. The van der Waals surface area contributed by atoms with Gasteiger partial charge in [-0.1, -0.05) is 239 Å². The van der Waals surface area contributed by atoms with Gasteiger partial charge in [0.15, 0.2) is 0 Å². The van der Waals surface area contributed by atoms with E-state index in [1.54, 1.807) is 0 Å². The first kappa shape index (κ1) is 51.4. The summed E-state index contributed by atoms with van der Waals surface area (Å²) in [6, 6.07) is 93.3. The molecular formula is C83H70N2. The second kappa shape index (κ2) is 17.9. The summed E-state index contributed by atoms with van der Waals surface area (Å²) in [6.07, 6.45) is 0. The average Bonchev–Trinajstić information content (AvgIpc) is 1.51. The van der Waals surface area contributed by atoms with Crippen LogP contribution in [0.25, 0.3) is 66.1 Å². The Balaban J connectivity index is 0.925. The van der Waals surface area contributed by atoms with E-state index in [9.17, 15) is 0 Å². The van der Waals surface area contributed by atoms with E-state index in [0.717, 1.165) is 34.1 Å². The van der Waals surface area contributed by atoms with E-state index in [1.165, 1.54) is 122 Å². The van der Waals surface area contributed by atoms with Gasteiger partial charge in [0.05, 0.1) is 5.41 Å². The number of anilines is 6. The lowest BCUT2D eigenvalue weighted by Crippen LogP contribution is -2.27. The summed E-state index contributed by atoms with van der Waals surface area (Å²) in [5, 5.41) is 4.99. The molecule has 2 nitrogen and oxygen atoms in total. The molecule has 1 spiro atoms. The van der Waals surface area contributed by atoms with Crippen molar-refractivity contribution in [1.29, 1.82) is 0 Å². The highest BCUT2D eigenvalue weighted by Gasteiger charge is 2.54. The molecule has 4 aliphatic carbocycles. The lowest BCUT2D eigenvalue weighted by molar-refractivity contribution is 0.589. The minimum Gasteiger partial charge on any atom is -0.310 e. The van der Waals surface area contributed by atoms with Crippen LogP contribution >= 0.6 is 0 Å². The van der Waals surface area contributed by atoms with Crippen LogP contribution in [-0.4, -0.2) is 0 Å². The molecule has 12 aromatic carbocycles. The first-order valence-corrected chi connectivity index (χ1v) is 30.6. The number of benzene rings is 12. The number of nitrogens with zero attached hydrogens (tertiary/aromatic N) is 2. The molecule has 0 saturated heterocycles. The van der Waals surface area contributed by atoms with Crippen LogP contribution in [0, 0.1) is 0 Å². The highest BCUT2D eigenvalue weighted by Crippen LogP contribution is 2.66. The Hall–Kier alpha value is -9.24. The van der Waals surface area contributed by atoms with Crippen molar-refractivity contribution >= 4 is 55.7 Å². The SMILES string of the molecule is CC(C)(C)c1ccc2c(c1)-c1cc(C(C)(C)C)ccc1C21c2c(ccc3cc(N(c4ccccc4)c4ccc5c(c4)C(C)(C)c4ccccc4-5)ccc23)-c2ccc3cc(N(c4ccccc4)c4ccc5c(c4)C(C)(C)c4ccccc4-5)ccc3c21. The minimum atomic E-state index is -0.635. The van der Waals surface area contributed by atoms with Crippen LogP contribution in [0.3, 0.4) is 0 Å². The summed E-state index contributed by atoms with van der Waals surface area (Å²) < 4.78 is 0. The topological polar surface area (TPSA) is 6.48 Å². The zero-order valence-electron chi connectivity index (χ0n) is 50.5. The van der Waals surface area contributed by atoms with E-state index < -0.39 is 5.41 Å². The molecule has 0 bridgehead atoms. The van der Waals surface area contributed by atoms with E-state index in [0.29, 0.717) is 0 Å². The molecule has 12 aromatic rings. The van der Waals surface area contributed by atoms with Crippen molar-refractivity contribution in [2.75, 3.05) is 9.80 Å². The van der Waals surface area contributed by atoms with Crippen molar-refractivity contribution in [3.63, 3.8) is 0 Å². The molecule has 0 radical (unpaired) electrons. The van der Waals surface area contributed by atoms with Gasteiger partial charge in [0, 0.05) is 45.0 Å². The molecule has 0 atom stereocenters. The molecule has 0 saturated carbocycles. The zero-order chi connectivity index (χ0) is 58.1. The van der Waals surface area contributed by atoms with Crippen molar-refractivity contribution in [3.05, 3.63) is 298 Å². The predicted octanol–water partition coefficient (Wildman–Crippen LogP) is 22.5. The van der Waals surface area contributed by atoms with Crippen LogP contribution in [0.1, 0.15) is 125 Å². The maximum Gasteiger partial charge on any atom is 0.0737 e. The lowest BCUT2D eigenvalue weighted by atomic mass is 9.68. The van der Waals surface area contributed by atoms with E-state index in [1.807, 2.05) is 0 Å². The third kappa shape index (κ3) is 7.31. The van der Waals surface area contributed by atoms with Gasteiger partial charge in [-0.2, -0.15) is 0 Å². The maximum absolute atomic E-state index is 2.54. The van der Waals surface area contributed by atoms with Crippen molar-refractivity contribution in [3.8, 4) is 44.5 Å². The van der Waals surface area contributed by atoms with Gasteiger partial charge in [-0.3, -0.25) is 0 Å². The average molecular weight is 1100 g/mol. The monoisotopic (exact) mass is 1090 g/mol. The number of hydrogen-bond donors (Lipinski definition) is 0. The predicted molar refractivity (Wildman–Crippen MR) is 360 cm³/mol. The molecule has 16 rings (SSSR count). The normalized spacial score (nSPS) is 15.0. The largest absolute Gasteiger partial charge is 0.310 e. The van der Waals surface area contributed by atoms with E-state index in [4.69, 9.17) is 0 Å². The summed E-state index contributed by atoms with van der Waals surface area (Å²) in [5.74, 6) is 0. The van der Waals surface area contributed by atoms with Gasteiger partial charge in [-0.25, -0.2) is 0 Å². The summed E-state index contributed by atoms with van der Waals surface area (Å²) in [4.78, 5) is 4.93. The van der Waals surface area contributed by atoms with Crippen molar-refractivity contribution in [2.24, 2.45) is 0 Å². The van der Waals surface area contributed by atoms with Crippen molar-refractivity contribution in [1.82, 2.24) is 0 Å². The molecule has 0 aliphatic heterocycles. The number of para-hydroxylation sites is 2. The maximum atomic E-state index is 2.54. The van der Waals surface area contributed by atoms with Crippen molar-refractivity contribution < 1.29 is 0 Å². The van der Waals surface area contributed by atoms with Crippen LogP contribution in [-0.2, 0) is 27.1 Å². The molecule has 412 valence electrons. The minimum absolute atomic E-state index is 0.0450. The molecule has 0 fully saturated rings. The smallest absolute Gasteiger partial charge is 0.0737 e. The molecule has 2 heteroatoms. The van der Waals surface area contributed by atoms with Gasteiger partial charge in [-0.15, -0.1) is 0 Å². The van der Waals surface area contributed by atoms with Gasteiger partial charge in [0.2, 0.25) is 0 Å². The van der Waals surface area contributed by atoms with Crippen LogP contribution < -0.4 is 9.80 Å². The Bertz CT molecular complexity index is 4480. The molecule has 0 unspecified atom stereocenters. The Morgan fingerprint density at radius 1 is 0.259 bits per heavy atom. The van der Waals surface area contributed by atoms with Gasteiger partial charge >= 0.3 is 0 Å². The van der Waals surface area contributed by atoms with Crippen LogP contribution in [0.2, 0.25) is 0 Å². The fourth-order valence-corrected chi connectivity index (χ4v) is 15.8. The van der Waals surface area contributed by atoms with E-state index in [2.05, 4.69) is 322 Å². The van der Waals surface area contributed by atoms with E-state index in [-0.39, 0.29) is 21.7 Å². The second-order valence-electron chi connectivity index (χ2n) is 27.7. The zero-order valence-corrected chi connectivity index (χ0v) is 50.5. The number of hydrogen-bond acceptors (Lipinski definition) is 2. The third-order valence-electron chi connectivity index (χ3n) is 20.1. The first-order valence-electron chi connectivity index (χ1n) is 30.6. The molecular weight excluding hydrogens is 1020 g/mol. The van der Waals surface area contributed by atoms with Gasteiger partial charge in [-0.05, 0) is 205 Å². The quantitative estimate of drug-likeness (QED) is 0.164. The van der Waals surface area contributed by atoms with Gasteiger partial charge in [0.25, 0.3) is 0 Å². The Morgan fingerprint density at radius 3 is 1.02 bits per heavy atom. The van der Waals surface area contributed by atoms with Crippen LogP contribution in [0.5, 0.6) is 0 Å². The van der Waals surface area contributed by atoms with Crippen molar-refractivity contribution in [2.45, 2.75) is 96.3 Å². The van der Waals surface area contributed by atoms with Gasteiger partial charge < -0.3 is 9.80 Å². The molecule has 4 aliphatic rings. The highest BCUT2D eigenvalue weighted by molar-refractivity contribution is 6.10. The molecule has 0 heterocycles. The fourth-order valence-electron chi connectivity index (χ4n) is 15.8. The summed E-state index contributed by atoms with van der Waals surface area (Å²) in [7, 11) is 0. The number of fused-ring (bicyclic) bond motifs is 20. The Kier molecular flexibility index (Phi) is 10.8. The molecule has 0 amide bonds. The molecule has 0 N–H and O–H groups in total. The van der Waals surface area contributed by atoms with Crippen LogP contribution in [0.4, 0.5) is 34.1 Å². The highest BCUT2D eigenvalue weighted by atomic mass is 15.1. The van der Waals surface area contributed by atoms with Crippen LogP contribution in [0.15, 0.2) is 243 Å². The Morgan fingerprint density at radius 2 is 0.612 bits per heavy atom. The standard InChI is InChI=1S/C83H70N2/c1-79(2,3)53-31-43-73-69(47-53)70-48-54(80(4,5)6)32-44-74(70)83(73)77-61-39-33-57(84(55-21-13-11-14-22-55)59-35-41-65-63-25-17-19-27-71(63)81(7,8)75(65)49-59)45-51(61)29-37-67(77)68-38-30-52-46-58(34-40-62(52)78(68)83)85(56-23-15-12-16-24-56)60-36-42-66-64-26-18-20-28-72(64)82(9,10)76(66)50-60/h11-50H,1-10H3.